The molecule has 3 aliphatic rings. The lowest BCUT2D eigenvalue weighted by atomic mass is 9.73. The van der Waals surface area contributed by atoms with Crippen molar-refractivity contribution in [3.8, 4) is 0 Å². The van der Waals surface area contributed by atoms with Crippen molar-refractivity contribution in [2.45, 2.75) is 63.8 Å². The van der Waals surface area contributed by atoms with Gasteiger partial charge in [-0.2, -0.15) is 0 Å². The number of benzene rings is 1. The molecule has 5 heteroatoms. The molecule has 1 aliphatic heterocycles. The molecule has 1 spiro atoms. The number of amides is 3. The Bertz CT molecular complexity index is 773. The average Bonchev–Trinajstić information content (AvgIpc) is 2.89. The molecule has 0 aromatic heterocycles. The molecule has 1 N–H and O–H groups in total. The molecule has 1 saturated heterocycles. The van der Waals surface area contributed by atoms with Crippen molar-refractivity contribution in [3.63, 3.8) is 0 Å². The zero-order valence-corrected chi connectivity index (χ0v) is 15.3. The quantitative estimate of drug-likeness (QED) is 0.669. The van der Waals surface area contributed by atoms with Crippen molar-refractivity contribution in [2.75, 3.05) is 6.54 Å². The zero-order chi connectivity index (χ0) is 18.3. The van der Waals surface area contributed by atoms with E-state index in [1.807, 2.05) is 25.1 Å². The van der Waals surface area contributed by atoms with Crippen molar-refractivity contribution >= 4 is 17.7 Å². The number of aryl methyl sites for hydroxylation is 2. The molecule has 0 unspecified atom stereocenters. The van der Waals surface area contributed by atoms with Crippen molar-refractivity contribution in [2.24, 2.45) is 5.92 Å². The van der Waals surface area contributed by atoms with E-state index in [1.165, 1.54) is 17.5 Å². The lowest BCUT2D eigenvalue weighted by Gasteiger charge is -2.36. The summed E-state index contributed by atoms with van der Waals surface area (Å²) in [7, 11) is 0. The second kappa shape index (κ2) is 6.53. The van der Waals surface area contributed by atoms with E-state index < -0.39 is 11.6 Å². The number of urea groups is 1. The van der Waals surface area contributed by atoms with Crippen LogP contribution in [0.25, 0.3) is 0 Å². The van der Waals surface area contributed by atoms with Crippen LogP contribution in [-0.2, 0) is 17.6 Å². The summed E-state index contributed by atoms with van der Waals surface area (Å²) in [4.78, 5) is 39.3. The van der Waals surface area contributed by atoms with E-state index in [0.717, 1.165) is 43.4 Å². The normalized spacial score (nSPS) is 28.2. The number of imide groups is 1. The predicted molar refractivity (Wildman–Crippen MR) is 98.0 cm³/mol. The third-order valence-corrected chi connectivity index (χ3v) is 6.47. The first-order chi connectivity index (χ1) is 12.5. The van der Waals surface area contributed by atoms with Crippen molar-refractivity contribution in [1.82, 2.24) is 10.2 Å². The van der Waals surface area contributed by atoms with Gasteiger partial charge in [0.05, 0.1) is 6.54 Å². The summed E-state index contributed by atoms with van der Waals surface area (Å²) in [5.41, 5.74) is 2.35. The van der Waals surface area contributed by atoms with Gasteiger partial charge in [0.1, 0.15) is 5.54 Å². The fourth-order valence-electron chi connectivity index (χ4n) is 4.78. The first-order valence-electron chi connectivity index (χ1n) is 9.80. The smallest absolute Gasteiger partial charge is 0.323 e. The molecular weight excluding hydrogens is 328 g/mol. The number of carbonyl (C=O) groups is 3. The highest BCUT2D eigenvalue weighted by molar-refractivity contribution is 6.11. The van der Waals surface area contributed by atoms with Gasteiger partial charge < -0.3 is 5.32 Å². The maximum absolute atomic E-state index is 13.0. The summed E-state index contributed by atoms with van der Waals surface area (Å²) in [6.45, 7) is 1.85. The van der Waals surface area contributed by atoms with Gasteiger partial charge in [0.15, 0.2) is 5.78 Å². The van der Waals surface area contributed by atoms with E-state index in [9.17, 15) is 14.4 Å². The van der Waals surface area contributed by atoms with Crippen molar-refractivity contribution < 1.29 is 14.4 Å². The van der Waals surface area contributed by atoms with Crippen LogP contribution in [-0.4, -0.2) is 34.7 Å². The molecule has 0 bridgehead atoms. The molecule has 0 radical (unpaired) electrons. The van der Waals surface area contributed by atoms with Crippen LogP contribution in [0.2, 0.25) is 0 Å². The minimum absolute atomic E-state index is 0.108. The lowest BCUT2D eigenvalue weighted by Crippen LogP contribution is -2.54. The molecule has 26 heavy (non-hydrogen) atoms. The molecule has 138 valence electrons. The number of fused-ring (bicyclic) bond motifs is 1. The number of nitrogens with one attached hydrogen (secondary N) is 1. The molecule has 5 nitrogen and oxygen atoms in total. The Morgan fingerprint density at radius 1 is 1.15 bits per heavy atom. The van der Waals surface area contributed by atoms with Gasteiger partial charge in [0.2, 0.25) is 0 Å². The van der Waals surface area contributed by atoms with E-state index in [4.69, 9.17) is 0 Å². The standard InChI is InChI=1S/C21H26N2O3/c1-14-6-4-5-11-21(14)19(25)23(20(26)22-21)13-18(24)17-10-9-15-7-2-3-8-16(15)12-17/h9-10,12,14H,2-8,11,13H2,1H3,(H,22,26)/t14-,21+/m1/s1. The first-order valence-corrected chi connectivity index (χ1v) is 9.80. The summed E-state index contributed by atoms with van der Waals surface area (Å²) in [6, 6.07) is 5.39. The molecule has 1 heterocycles. The first kappa shape index (κ1) is 17.3. The van der Waals surface area contributed by atoms with Gasteiger partial charge in [-0.1, -0.05) is 31.9 Å². The van der Waals surface area contributed by atoms with Gasteiger partial charge in [0, 0.05) is 5.56 Å². The van der Waals surface area contributed by atoms with Crippen LogP contribution in [0.5, 0.6) is 0 Å². The fourth-order valence-corrected chi connectivity index (χ4v) is 4.78. The van der Waals surface area contributed by atoms with Crippen LogP contribution in [0.15, 0.2) is 18.2 Å². The minimum Gasteiger partial charge on any atom is -0.323 e. The Morgan fingerprint density at radius 3 is 2.69 bits per heavy atom. The maximum atomic E-state index is 13.0. The van der Waals surface area contributed by atoms with Crippen LogP contribution in [0, 0.1) is 5.92 Å². The number of ketones is 1. The highest BCUT2D eigenvalue weighted by Gasteiger charge is 2.55. The number of hydrogen-bond donors (Lipinski definition) is 1. The van der Waals surface area contributed by atoms with Crippen molar-refractivity contribution in [1.29, 1.82) is 0 Å². The van der Waals surface area contributed by atoms with Crippen LogP contribution in [0.3, 0.4) is 0 Å². The highest BCUT2D eigenvalue weighted by atomic mass is 16.2. The Labute approximate surface area is 154 Å². The SMILES string of the molecule is C[C@@H]1CCCC[C@]12NC(=O)N(CC(=O)c1ccc3c(c1)CCCC3)C2=O. The fraction of sp³-hybridized carbons (Fsp3) is 0.571. The summed E-state index contributed by atoms with van der Waals surface area (Å²) in [6.07, 6.45) is 8.03. The molecule has 3 amide bonds. The Hall–Kier alpha value is -2.17. The number of nitrogens with zero attached hydrogens (tertiary/aromatic N) is 1. The number of carbonyl (C=O) groups excluding carboxylic acids is 3. The van der Waals surface area contributed by atoms with E-state index >= 15 is 0 Å². The largest absolute Gasteiger partial charge is 0.325 e. The van der Waals surface area contributed by atoms with Crippen LogP contribution in [0.1, 0.15) is 66.9 Å². The molecule has 2 atom stereocenters. The van der Waals surface area contributed by atoms with Gasteiger partial charge >= 0.3 is 6.03 Å². The van der Waals surface area contributed by atoms with Crippen LogP contribution < -0.4 is 5.32 Å². The molecule has 1 aromatic carbocycles. The summed E-state index contributed by atoms with van der Waals surface area (Å²) < 4.78 is 0. The third-order valence-electron chi connectivity index (χ3n) is 6.47. The predicted octanol–water partition coefficient (Wildman–Crippen LogP) is 3.25. The molecule has 2 fully saturated rings. The third kappa shape index (κ3) is 2.74. The van der Waals surface area contributed by atoms with Gasteiger partial charge in [-0.25, -0.2) is 4.79 Å². The summed E-state index contributed by atoms with van der Waals surface area (Å²) >= 11 is 0. The van der Waals surface area contributed by atoms with E-state index in [2.05, 4.69) is 5.32 Å². The number of hydrogen-bond acceptors (Lipinski definition) is 3. The average molecular weight is 354 g/mol. The Kier molecular flexibility index (Phi) is 4.33. The Balaban J connectivity index is 1.52. The van der Waals surface area contributed by atoms with Crippen LogP contribution >= 0.6 is 0 Å². The van der Waals surface area contributed by atoms with Crippen LogP contribution in [0.4, 0.5) is 4.79 Å². The van der Waals surface area contributed by atoms with E-state index in [1.54, 1.807) is 0 Å². The van der Waals surface area contributed by atoms with Gasteiger partial charge in [-0.3, -0.25) is 14.5 Å². The monoisotopic (exact) mass is 354 g/mol. The van der Waals surface area contributed by atoms with Gasteiger partial charge in [0.25, 0.3) is 5.91 Å². The number of rotatable bonds is 3. The highest BCUT2D eigenvalue weighted by Crippen LogP contribution is 2.38. The van der Waals surface area contributed by atoms with Gasteiger partial charge in [-0.15, -0.1) is 0 Å². The molecular formula is C21H26N2O3. The van der Waals surface area contributed by atoms with Gasteiger partial charge in [-0.05, 0) is 61.6 Å². The van der Waals surface area contributed by atoms with E-state index in [0.29, 0.717) is 12.0 Å². The van der Waals surface area contributed by atoms with E-state index in [-0.39, 0.29) is 24.2 Å². The minimum atomic E-state index is -0.800. The lowest BCUT2D eigenvalue weighted by molar-refractivity contribution is -0.133. The molecule has 1 aromatic rings. The zero-order valence-electron chi connectivity index (χ0n) is 15.3. The number of Topliss-reactive ketones (excluding diaryl/α,β-unsaturated/α-hetero) is 1. The van der Waals surface area contributed by atoms with Crippen molar-refractivity contribution in [3.05, 3.63) is 34.9 Å². The Morgan fingerprint density at radius 2 is 1.92 bits per heavy atom. The maximum Gasteiger partial charge on any atom is 0.325 e. The molecule has 1 saturated carbocycles. The topological polar surface area (TPSA) is 66.5 Å². The second-order valence-corrected chi connectivity index (χ2v) is 8.05. The molecule has 2 aliphatic carbocycles. The second-order valence-electron chi connectivity index (χ2n) is 8.05. The molecule has 4 rings (SSSR count). The summed E-state index contributed by atoms with van der Waals surface area (Å²) in [5.74, 6) is -0.278. The summed E-state index contributed by atoms with van der Waals surface area (Å²) in [5, 5.41) is 2.91.